The van der Waals surface area contributed by atoms with Crippen molar-refractivity contribution in [3.05, 3.63) is 12.0 Å². The Labute approximate surface area is 110 Å². The molecule has 6 nitrogen and oxygen atoms in total. The van der Waals surface area contributed by atoms with Gasteiger partial charge in [-0.1, -0.05) is 0 Å². The van der Waals surface area contributed by atoms with Crippen LogP contribution in [0.2, 0.25) is 0 Å². The Balaban J connectivity index is 2.92. The molecule has 1 aromatic heterocycles. The molecule has 1 rings (SSSR count). The lowest BCUT2D eigenvalue weighted by Crippen LogP contribution is -2.51. The lowest BCUT2D eigenvalue weighted by atomic mass is 10.1. The zero-order valence-electron chi connectivity index (χ0n) is 10.9. The second-order valence-corrected chi connectivity index (χ2v) is 6.12. The van der Waals surface area contributed by atoms with Crippen molar-refractivity contribution in [1.82, 2.24) is 9.97 Å². The third-order valence-electron chi connectivity index (χ3n) is 2.54. The van der Waals surface area contributed by atoms with Crippen LogP contribution >= 0.6 is 11.8 Å². The number of quaternary nitrogens is 1. The number of thioether (sulfide) groups is 1. The first-order valence-electron chi connectivity index (χ1n) is 5.46. The number of nitrogens with one attached hydrogen (secondary N) is 1. The van der Waals surface area contributed by atoms with Gasteiger partial charge in [0.05, 0.1) is 39.6 Å². The molecule has 0 aromatic carbocycles. The summed E-state index contributed by atoms with van der Waals surface area (Å²) >= 11 is 1.01. The van der Waals surface area contributed by atoms with E-state index in [1.165, 1.54) is 13.3 Å². The molecule has 0 fully saturated rings. The summed E-state index contributed by atoms with van der Waals surface area (Å²) in [5.41, 5.74) is 0.690. The van der Waals surface area contributed by atoms with Gasteiger partial charge in [-0.15, -0.1) is 0 Å². The van der Waals surface area contributed by atoms with Crippen molar-refractivity contribution in [3.8, 4) is 0 Å². The minimum atomic E-state index is -0.865. The number of rotatable bonds is 5. The van der Waals surface area contributed by atoms with Crippen LogP contribution in [0.15, 0.2) is 11.4 Å². The number of likely N-dealkylation sites (N-methyl/N-ethyl adjacent to an activating group) is 1. The smallest absolute Gasteiger partial charge is 0.362 e. The molecular weight excluding hydrogens is 254 g/mol. The van der Waals surface area contributed by atoms with Crippen molar-refractivity contribution in [3.63, 3.8) is 0 Å². The minimum absolute atomic E-state index is 0.0690. The van der Waals surface area contributed by atoms with E-state index in [2.05, 4.69) is 9.97 Å². The molecule has 0 saturated carbocycles. The number of hydrogen-bond donors (Lipinski definition) is 2. The molecule has 0 saturated heterocycles. The van der Waals surface area contributed by atoms with Gasteiger partial charge in [0.15, 0.2) is 11.2 Å². The number of aromatic nitrogens is 2. The van der Waals surface area contributed by atoms with Crippen LogP contribution in [0.3, 0.4) is 0 Å². The Morgan fingerprint density at radius 1 is 1.50 bits per heavy atom. The third-order valence-corrected chi connectivity index (χ3v) is 3.37. The largest absolute Gasteiger partial charge is 0.477 e. The molecule has 0 amide bonds. The Bertz CT molecular complexity index is 451. The predicted octanol–water partition coefficient (Wildman–Crippen LogP) is 0.750. The van der Waals surface area contributed by atoms with Crippen LogP contribution in [-0.4, -0.2) is 57.8 Å². The maximum absolute atomic E-state index is 11.3. The standard InChI is InChI=1S/C11H17N3O3S/c1-7(15)18-10-8(12-6-13-10)5-9(11(16)17)14(2,3)4/h6,9H,5H2,1-4H3,(H-,12,13,16,17)/p+1. The number of carbonyl (C=O) groups excluding carboxylic acids is 1. The van der Waals surface area contributed by atoms with E-state index in [4.69, 9.17) is 0 Å². The first-order chi connectivity index (χ1) is 8.21. The number of carboxylic acid groups (broad SMARTS) is 1. The molecular formula is C11H18N3O3S+. The molecule has 0 bridgehead atoms. The lowest BCUT2D eigenvalue weighted by Gasteiger charge is -2.30. The molecule has 0 spiro atoms. The zero-order chi connectivity index (χ0) is 13.9. The quantitative estimate of drug-likeness (QED) is 0.610. The van der Waals surface area contributed by atoms with Crippen LogP contribution in [0.1, 0.15) is 12.6 Å². The number of carbonyl (C=O) groups is 2. The molecule has 7 heteroatoms. The van der Waals surface area contributed by atoms with Crippen molar-refractivity contribution in [1.29, 1.82) is 0 Å². The number of aliphatic carboxylic acids is 1. The highest BCUT2D eigenvalue weighted by atomic mass is 32.2. The van der Waals surface area contributed by atoms with Crippen LogP contribution in [0.5, 0.6) is 0 Å². The Hall–Kier alpha value is -1.34. The molecule has 1 aromatic rings. The lowest BCUT2D eigenvalue weighted by molar-refractivity contribution is -0.887. The molecule has 1 atom stereocenters. The summed E-state index contributed by atoms with van der Waals surface area (Å²) < 4.78 is 0.304. The third kappa shape index (κ3) is 3.85. The van der Waals surface area contributed by atoms with Gasteiger partial charge in [-0.3, -0.25) is 4.79 Å². The predicted molar refractivity (Wildman–Crippen MR) is 68.3 cm³/mol. The van der Waals surface area contributed by atoms with E-state index in [-0.39, 0.29) is 5.12 Å². The fraction of sp³-hybridized carbons (Fsp3) is 0.545. The summed E-state index contributed by atoms with van der Waals surface area (Å²) in [5.74, 6) is -0.865. The molecule has 2 N–H and O–H groups in total. The van der Waals surface area contributed by atoms with Gasteiger partial charge in [0, 0.05) is 6.92 Å². The van der Waals surface area contributed by atoms with Gasteiger partial charge in [-0.25, -0.2) is 9.78 Å². The maximum Gasteiger partial charge on any atom is 0.362 e. The SMILES string of the molecule is CC(=O)Sc1nc[nH]c1CC(C(=O)O)[N+](C)(C)C. The van der Waals surface area contributed by atoms with E-state index in [9.17, 15) is 14.7 Å². The Morgan fingerprint density at radius 2 is 2.11 bits per heavy atom. The second kappa shape index (κ2) is 5.53. The Kier molecular flexibility index (Phi) is 4.53. The summed E-state index contributed by atoms with van der Waals surface area (Å²) in [6, 6.07) is -0.586. The first-order valence-corrected chi connectivity index (χ1v) is 6.28. The second-order valence-electron chi connectivity index (χ2n) is 4.95. The van der Waals surface area contributed by atoms with Gasteiger partial charge in [-0.05, 0) is 11.8 Å². The highest BCUT2D eigenvalue weighted by Crippen LogP contribution is 2.22. The minimum Gasteiger partial charge on any atom is -0.477 e. The van der Waals surface area contributed by atoms with E-state index in [1.54, 1.807) is 0 Å². The molecule has 1 unspecified atom stereocenters. The highest BCUT2D eigenvalue weighted by Gasteiger charge is 2.33. The van der Waals surface area contributed by atoms with Gasteiger partial charge < -0.3 is 14.6 Å². The first kappa shape index (κ1) is 14.7. The number of hydrogen-bond acceptors (Lipinski definition) is 4. The van der Waals surface area contributed by atoms with E-state index < -0.39 is 12.0 Å². The summed E-state index contributed by atoms with van der Waals surface area (Å²) in [5, 5.41) is 9.75. The van der Waals surface area contributed by atoms with Gasteiger partial charge >= 0.3 is 5.97 Å². The van der Waals surface area contributed by atoms with Gasteiger partial charge in [-0.2, -0.15) is 0 Å². The van der Waals surface area contributed by atoms with Crippen LogP contribution in [0.25, 0.3) is 0 Å². The molecule has 0 aliphatic carbocycles. The number of imidazole rings is 1. The summed E-state index contributed by atoms with van der Waals surface area (Å²) in [6.07, 6.45) is 1.80. The van der Waals surface area contributed by atoms with E-state index in [1.807, 2.05) is 21.1 Å². The van der Waals surface area contributed by atoms with Gasteiger partial charge in [0.25, 0.3) is 0 Å². The molecule has 0 aliphatic rings. The van der Waals surface area contributed by atoms with Crippen LogP contribution in [-0.2, 0) is 16.0 Å². The van der Waals surface area contributed by atoms with Crippen LogP contribution in [0.4, 0.5) is 0 Å². The van der Waals surface area contributed by atoms with Gasteiger partial charge in [0.2, 0.25) is 0 Å². The van der Waals surface area contributed by atoms with Gasteiger partial charge in [0.1, 0.15) is 5.03 Å². The van der Waals surface area contributed by atoms with E-state index in [0.29, 0.717) is 21.6 Å². The van der Waals surface area contributed by atoms with E-state index in [0.717, 1.165) is 11.8 Å². The fourth-order valence-electron chi connectivity index (χ4n) is 1.56. The number of H-pyrrole nitrogens is 1. The van der Waals surface area contributed by atoms with Crippen LogP contribution < -0.4 is 0 Å². The number of carboxylic acids is 1. The maximum atomic E-state index is 11.3. The van der Waals surface area contributed by atoms with Crippen molar-refractivity contribution >= 4 is 22.8 Å². The topological polar surface area (TPSA) is 83.0 Å². The van der Waals surface area contributed by atoms with Crippen molar-refractivity contribution in [2.45, 2.75) is 24.4 Å². The normalized spacial score (nSPS) is 13.3. The number of nitrogens with zero attached hydrogens (tertiary/aromatic N) is 2. The van der Waals surface area contributed by atoms with Crippen LogP contribution in [0, 0.1) is 0 Å². The molecule has 0 aliphatic heterocycles. The van der Waals surface area contributed by atoms with Crippen molar-refractivity contribution in [2.75, 3.05) is 21.1 Å². The monoisotopic (exact) mass is 272 g/mol. The average Bonchev–Trinajstić information content (AvgIpc) is 2.58. The van der Waals surface area contributed by atoms with Crippen molar-refractivity contribution in [2.24, 2.45) is 0 Å². The van der Waals surface area contributed by atoms with E-state index >= 15 is 0 Å². The van der Waals surface area contributed by atoms with Crippen molar-refractivity contribution < 1.29 is 19.2 Å². The molecule has 1 heterocycles. The molecule has 100 valence electrons. The summed E-state index contributed by atoms with van der Waals surface area (Å²) in [6.45, 7) is 1.46. The fourth-order valence-corrected chi connectivity index (χ4v) is 2.21. The average molecular weight is 272 g/mol. The number of aromatic amines is 1. The highest BCUT2D eigenvalue weighted by molar-refractivity contribution is 8.13. The summed E-state index contributed by atoms with van der Waals surface area (Å²) in [7, 11) is 5.48. The molecule has 0 radical (unpaired) electrons. The Morgan fingerprint density at radius 3 is 2.56 bits per heavy atom. The zero-order valence-corrected chi connectivity index (χ0v) is 11.7. The molecule has 18 heavy (non-hydrogen) atoms. The summed E-state index contributed by atoms with van der Waals surface area (Å²) in [4.78, 5) is 29.3.